The zero-order valence-electron chi connectivity index (χ0n) is 24.1. The molecule has 2 heterocycles. The molecule has 0 spiro atoms. The Morgan fingerprint density at radius 2 is 1.86 bits per heavy atom. The summed E-state index contributed by atoms with van der Waals surface area (Å²) in [5, 5.41) is 8.77. The van der Waals surface area contributed by atoms with Crippen molar-refractivity contribution in [2.45, 2.75) is 38.6 Å². The highest BCUT2D eigenvalue weighted by molar-refractivity contribution is 5.96. The van der Waals surface area contributed by atoms with Crippen LogP contribution in [0, 0.1) is 11.6 Å². The molecule has 0 radical (unpaired) electrons. The fourth-order valence-corrected chi connectivity index (χ4v) is 4.64. The Morgan fingerprint density at radius 1 is 1.07 bits per heavy atom. The van der Waals surface area contributed by atoms with Crippen molar-refractivity contribution in [2.75, 3.05) is 32.1 Å². The summed E-state index contributed by atoms with van der Waals surface area (Å²) in [5.41, 5.74) is 14.1. The topological polar surface area (TPSA) is 162 Å². The summed E-state index contributed by atoms with van der Waals surface area (Å²) in [6.07, 6.45) is 7.31. The minimum atomic E-state index is -1.08. The maximum absolute atomic E-state index is 14.8. The molecular formula is C30H36F2N8O3. The summed E-state index contributed by atoms with van der Waals surface area (Å²) in [7, 11) is 1.27. The van der Waals surface area contributed by atoms with E-state index >= 15 is 0 Å². The molecule has 1 atom stereocenters. The molecule has 43 heavy (non-hydrogen) atoms. The SMILES string of the molecule is CCc1cc(Nc2nccn3c(-c4ccc(OC)c(F)c4F)cnc23)ccc1C(=O)NCCNC(=O)[C@@H](N)CCCCN. The van der Waals surface area contributed by atoms with Gasteiger partial charge in [-0.05, 0) is 61.7 Å². The molecule has 0 unspecified atom stereocenters. The van der Waals surface area contributed by atoms with Crippen LogP contribution in [-0.4, -0.2) is 59.0 Å². The van der Waals surface area contributed by atoms with Gasteiger partial charge < -0.3 is 32.2 Å². The van der Waals surface area contributed by atoms with E-state index in [1.807, 2.05) is 13.0 Å². The van der Waals surface area contributed by atoms with Crippen LogP contribution in [0.2, 0.25) is 0 Å². The van der Waals surface area contributed by atoms with Crippen molar-refractivity contribution in [1.82, 2.24) is 25.0 Å². The monoisotopic (exact) mass is 594 g/mol. The Kier molecular flexibility index (Phi) is 10.6. The fraction of sp³-hybridized carbons (Fsp3) is 0.333. The summed E-state index contributed by atoms with van der Waals surface area (Å²) in [6.45, 7) is 3.00. The molecule has 228 valence electrons. The lowest BCUT2D eigenvalue weighted by molar-refractivity contribution is -0.122. The Bertz CT molecular complexity index is 1590. The Hall–Kier alpha value is -4.62. The molecule has 0 saturated carbocycles. The molecule has 2 aromatic carbocycles. The Labute approximate surface area is 248 Å². The van der Waals surface area contributed by atoms with E-state index in [1.54, 1.807) is 22.7 Å². The number of aromatic nitrogens is 3. The predicted octanol–water partition coefficient (Wildman–Crippen LogP) is 3.29. The number of carbonyl (C=O) groups excluding carboxylic acids is 2. The first-order valence-corrected chi connectivity index (χ1v) is 14.0. The number of fused-ring (bicyclic) bond motifs is 1. The van der Waals surface area contributed by atoms with Gasteiger partial charge in [0.15, 0.2) is 23.0 Å². The normalized spacial score (nSPS) is 11.8. The Morgan fingerprint density at radius 3 is 2.60 bits per heavy atom. The van der Waals surface area contributed by atoms with E-state index in [-0.39, 0.29) is 36.2 Å². The first-order chi connectivity index (χ1) is 20.8. The Balaban J connectivity index is 1.43. The number of methoxy groups -OCH3 is 1. The van der Waals surface area contributed by atoms with Gasteiger partial charge in [-0.3, -0.25) is 14.0 Å². The van der Waals surface area contributed by atoms with Gasteiger partial charge in [0, 0.05) is 42.3 Å². The van der Waals surface area contributed by atoms with Gasteiger partial charge in [0.25, 0.3) is 5.91 Å². The number of amides is 2. The maximum atomic E-state index is 14.8. The van der Waals surface area contributed by atoms with Gasteiger partial charge in [0.2, 0.25) is 11.7 Å². The van der Waals surface area contributed by atoms with Gasteiger partial charge >= 0.3 is 0 Å². The van der Waals surface area contributed by atoms with Crippen LogP contribution < -0.4 is 32.2 Å². The zero-order chi connectivity index (χ0) is 30.9. The van der Waals surface area contributed by atoms with Crippen molar-refractivity contribution in [3.05, 3.63) is 71.7 Å². The molecule has 0 aliphatic carbocycles. The molecule has 11 nitrogen and oxygen atoms in total. The second-order valence-corrected chi connectivity index (χ2v) is 9.84. The molecule has 0 aliphatic rings. The highest BCUT2D eigenvalue weighted by Gasteiger charge is 2.20. The number of benzene rings is 2. The van der Waals surface area contributed by atoms with Crippen LogP contribution in [0.25, 0.3) is 16.9 Å². The van der Waals surface area contributed by atoms with Gasteiger partial charge in [-0.2, -0.15) is 4.39 Å². The van der Waals surface area contributed by atoms with Crippen molar-refractivity contribution in [2.24, 2.45) is 11.5 Å². The third kappa shape index (κ3) is 7.24. The van der Waals surface area contributed by atoms with Crippen molar-refractivity contribution < 1.29 is 23.1 Å². The second-order valence-electron chi connectivity index (χ2n) is 9.84. The number of aryl methyl sites for hydroxylation is 1. The van der Waals surface area contributed by atoms with Crippen LogP contribution in [-0.2, 0) is 11.2 Å². The van der Waals surface area contributed by atoms with Crippen molar-refractivity contribution in [1.29, 1.82) is 0 Å². The van der Waals surface area contributed by atoms with E-state index in [4.69, 9.17) is 16.2 Å². The van der Waals surface area contributed by atoms with Crippen molar-refractivity contribution in [3.63, 3.8) is 0 Å². The third-order valence-electron chi connectivity index (χ3n) is 6.98. The van der Waals surface area contributed by atoms with Gasteiger partial charge in [-0.1, -0.05) is 13.3 Å². The molecule has 13 heteroatoms. The number of imidazole rings is 1. The highest BCUT2D eigenvalue weighted by Crippen LogP contribution is 2.31. The van der Waals surface area contributed by atoms with E-state index in [2.05, 4.69) is 25.9 Å². The molecule has 2 aromatic heterocycles. The van der Waals surface area contributed by atoms with Gasteiger partial charge in [0.1, 0.15) is 0 Å². The number of halogens is 2. The summed E-state index contributed by atoms with van der Waals surface area (Å²) in [5.74, 6) is -2.45. The molecule has 7 N–H and O–H groups in total. The third-order valence-corrected chi connectivity index (χ3v) is 6.98. The number of rotatable bonds is 14. The largest absolute Gasteiger partial charge is 0.494 e. The number of nitrogens with one attached hydrogen (secondary N) is 3. The minimum absolute atomic E-state index is 0.0245. The number of ether oxygens (including phenoxy) is 1. The number of hydrogen-bond acceptors (Lipinski definition) is 8. The number of carbonyl (C=O) groups is 2. The fourth-order valence-electron chi connectivity index (χ4n) is 4.64. The van der Waals surface area contributed by atoms with E-state index in [0.29, 0.717) is 47.8 Å². The van der Waals surface area contributed by atoms with E-state index in [9.17, 15) is 18.4 Å². The van der Waals surface area contributed by atoms with Crippen molar-refractivity contribution in [3.8, 4) is 17.0 Å². The number of nitrogens with zero attached hydrogens (tertiary/aromatic N) is 3. The maximum Gasteiger partial charge on any atom is 0.251 e. The standard InChI is InChI=1S/C30H36F2N8O3/c1-3-18-16-19(7-8-20(18)29(41)36-12-13-37-30(42)22(34)6-4-5-11-33)39-27-28-38-17-23(40(28)15-14-35-27)21-9-10-24(43-2)26(32)25(21)31/h7-10,14-17,22H,3-6,11-13,33-34H2,1-2H3,(H,35,39)(H,36,41)(H,37,42)/t22-/m0/s1. The van der Waals surface area contributed by atoms with Crippen LogP contribution in [0.1, 0.15) is 42.1 Å². The summed E-state index contributed by atoms with van der Waals surface area (Å²) >= 11 is 0. The highest BCUT2D eigenvalue weighted by atomic mass is 19.2. The predicted molar refractivity (Wildman–Crippen MR) is 160 cm³/mol. The molecule has 0 saturated heterocycles. The average molecular weight is 595 g/mol. The average Bonchev–Trinajstić information content (AvgIpc) is 3.45. The van der Waals surface area contributed by atoms with E-state index in [1.165, 1.54) is 31.6 Å². The van der Waals surface area contributed by atoms with Crippen molar-refractivity contribution >= 4 is 29.0 Å². The molecule has 0 bridgehead atoms. The van der Waals surface area contributed by atoms with E-state index in [0.717, 1.165) is 18.4 Å². The lowest BCUT2D eigenvalue weighted by Gasteiger charge is -2.14. The lowest BCUT2D eigenvalue weighted by atomic mass is 10.0. The van der Waals surface area contributed by atoms with Gasteiger partial charge in [-0.15, -0.1) is 0 Å². The molecule has 4 aromatic rings. The quantitative estimate of drug-likeness (QED) is 0.139. The minimum Gasteiger partial charge on any atom is -0.494 e. The van der Waals surface area contributed by atoms with Crippen LogP contribution >= 0.6 is 0 Å². The summed E-state index contributed by atoms with van der Waals surface area (Å²) in [4.78, 5) is 33.8. The first kappa shape index (κ1) is 31.3. The lowest BCUT2D eigenvalue weighted by Crippen LogP contribution is -2.43. The molecule has 2 amide bonds. The zero-order valence-corrected chi connectivity index (χ0v) is 24.1. The van der Waals surface area contributed by atoms with Gasteiger partial charge in [-0.25, -0.2) is 14.4 Å². The first-order valence-electron chi connectivity index (χ1n) is 14.0. The second kappa shape index (κ2) is 14.5. The number of anilines is 2. The van der Waals surface area contributed by atoms with Crippen LogP contribution in [0.5, 0.6) is 5.75 Å². The number of unbranched alkanes of at least 4 members (excludes halogenated alkanes) is 1. The van der Waals surface area contributed by atoms with Crippen LogP contribution in [0.15, 0.2) is 48.9 Å². The smallest absolute Gasteiger partial charge is 0.251 e. The molecular weight excluding hydrogens is 558 g/mol. The molecule has 4 rings (SSSR count). The van der Waals surface area contributed by atoms with E-state index < -0.39 is 17.7 Å². The summed E-state index contributed by atoms with van der Waals surface area (Å²) in [6, 6.07) is 7.46. The summed E-state index contributed by atoms with van der Waals surface area (Å²) < 4.78 is 35.6. The van der Waals surface area contributed by atoms with Crippen LogP contribution in [0.3, 0.4) is 0 Å². The molecule has 0 fully saturated rings. The number of nitrogens with two attached hydrogens (primary N) is 2. The number of hydrogen-bond donors (Lipinski definition) is 5. The van der Waals surface area contributed by atoms with Gasteiger partial charge in [0.05, 0.1) is 25.0 Å². The van der Waals surface area contributed by atoms with Crippen LogP contribution in [0.4, 0.5) is 20.3 Å². The molecule has 0 aliphatic heterocycles.